The van der Waals surface area contributed by atoms with Crippen molar-refractivity contribution in [2.45, 2.75) is 39.2 Å². The van der Waals surface area contributed by atoms with E-state index >= 15 is 0 Å². The molecule has 0 radical (unpaired) electrons. The zero-order valence-corrected chi connectivity index (χ0v) is 11.9. The van der Waals surface area contributed by atoms with Crippen molar-refractivity contribution in [3.63, 3.8) is 0 Å². The Hall–Kier alpha value is -0.730. The first kappa shape index (κ1) is 13.7. The molecule has 2 nitrogen and oxygen atoms in total. The van der Waals surface area contributed by atoms with E-state index in [1.54, 1.807) is 0 Å². The van der Waals surface area contributed by atoms with Crippen molar-refractivity contribution < 1.29 is 0 Å². The fraction of sp³-hybridized carbons (Fsp3) is 0.600. The van der Waals surface area contributed by atoms with Crippen LogP contribution in [0.5, 0.6) is 0 Å². The molecule has 18 heavy (non-hydrogen) atoms. The minimum Gasteiger partial charge on any atom is -0.398 e. The van der Waals surface area contributed by atoms with Gasteiger partial charge in [-0.3, -0.25) is 4.90 Å². The van der Waals surface area contributed by atoms with Gasteiger partial charge in [-0.05, 0) is 56.0 Å². The zero-order chi connectivity index (χ0) is 13.0. The van der Waals surface area contributed by atoms with E-state index < -0.39 is 0 Å². The molecule has 1 unspecified atom stereocenters. The summed E-state index contributed by atoms with van der Waals surface area (Å²) in [5.74, 6) is 0.921. The van der Waals surface area contributed by atoms with Crippen LogP contribution in [0.25, 0.3) is 0 Å². The average molecular weight is 267 g/mol. The molecule has 100 valence electrons. The summed E-state index contributed by atoms with van der Waals surface area (Å²) in [5, 5.41) is 0.675. The SMILES string of the molecule is CCC1CCCN(Cc2ccc(N)c(Cl)c2)CC1. The summed E-state index contributed by atoms with van der Waals surface area (Å²) in [6, 6.07) is 5.99. The van der Waals surface area contributed by atoms with Crippen molar-refractivity contribution in [3.8, 4) is 0 Å². The van der Waals surface area contributed by atoms with Gasteiger partial charge in [-0.25, -0.2) is 0 Å². The van der Waals surface area contributed by atoms with Crippen molar-refractivity contribution >= 4 is 17.3 Å². The maximum atomic E-state index is 6.07. The monoisotopic (exact) mass is 266 g/mol. The van der Waals surface area contributed by atoms with Crippen molar-refractivity contribution in [2.75, 3.05) is 18.8 Å². The Morgan fingerprint density at radius 2 is 2.17 bits per heavy atom. The lowest BCUT2D eigenvalue weighted by Gasteiger charge is -2.20. The van der Waals surface area contributed by atoms with Crippen LogP contribution in [0.3, 0.4) is 0 Å². The van der Waals surface area contributed by atoms with Gasteiger partial charge in [0.1, 0.15) is 0 Å². The van der Waals surface area contributed by atoms with E-state index in [-0.39, 0.29) is 0 Å². The van der Waals surface area contributed by atoms with Crippen LogP contribution in [-0.4, -0.2) is 18.0 Å². The van der Waals surface area contributed by atoms with Crippen LogP contribution in [0.2, 0.25) is 5.02 Å². The smallest absolute Gasteiger partial charge is 0.0638 e. The Kier molecular flexibility index (Phi) is 4.90. The third-order valence-corrected chi connectivity index (χ3v) is 4.32. The Bertz CT molecular complexity index is 392. The summed E-state index contributed by atoms with van der Waals surface area (Å²) >= 11 is 6.07. The van der Waals surface area contributed by atoms with Crippen LogP contribution in [0.15, 0.2) is 18.2 Å². The molecular formula is C15H23ClN2. The molecule has 1 fully saturated rings. The molecule has 0 bridgehead atoms. The molecule has 0 aliphatic carbocycles. The van der Waals surface area contributed by atoms with Gasteiger partial charge in [0.2, 0.25) is 0 Å². The molecule has 1 heterocycles. The maximum absolute atomic E-state index is 6.07. The molecule has 3 heteroatoms. The highest BCUT2D eigenvalue weighted by atomic mass is 35.5. The third kappa shape index (κ3) is 3.63. The van der Waals surface area contributed by atoms with Gasteiger partial charge in [-0.1, -0.05) is 31.0 Å². The van der Waals surface area contributed by atoms with Crippen LogP contribution < -0.4 is 5.73 Å². The second-order valence-corrected chi connectivity index (χ2v) is 5.74. The van der Waals surface area contributed by atoms with Crippen molar-refractivity contribution in [2.24, 2.45) is 5.92 Å². The lowest BCUT2D eigenvalue weighted by molar-refractivity contribution is 0.272. The highest BCUT2D eigenvalue weighted by molar-refractivity contribution is 6.33. The first-order valence-corrected chi connectivity index (χ1v) is 7.33. The highest BCUT2D eigenvalue weighted by Crippen LogP contribution is 2.23. The summed E-state index contributed by atoms with van der Waals surface area (Å²) in [6.07, 6.45) is 5.36. The zero-order valence-electron chi connectivity index (χ0n) is 11.2. The quantitative estimate of drug-likeness (QED) is 0.840. The number of hydrogen-bond acceptors (Lipinski definition) is 2. The van der Waals surface area contributed by atoms with Gasteiger partial charge < -0.3 is 5.73 Å². The number of hydrogen-bond donors (Lipinski definition) is 1. The van der Waals surface area contributed by atoms with Crippen LogP contribution in [0.1, 0.15) is 38.2 Å². The fourth-order valence-electron chi connectivity index (χ4n) is 2.72. The lowest BCUT2D eigenvalue weighted by atomic mass is 9.98. The van der Waals surface area contributed by atoms with Crippen molar-refractivity contribution in [1.29, 1.82) is 0 Å². The van der Waals surface area contributed by atoms with Gasteiger partial charge in [0, 0.05) is 6.54 Å². The Morgan fingerprint density at radius 1 is 1.33 bits per heavy atom. The second kappa shape index (κ2) is 6.44. The fourth-order valence-corrected chi connectivity index (χ4v) is 2.92. The van der Waals surface area contributed by atoms with E-state index in [2.05, 4.69) is 17.9 Å². The molecule has 2 rings (SSSR count). The van der Waals surface area contributed by atoms with Crippen LogP contribution in [0, 0.1) is 5.92 Å². The van der Waals surface area contributed by atoms with Crippen LogP contribution in [0.4, 0.5) is 5.69 Å². The average Bonchev–Trinajstić information content (AvgIpc) is 2.59. The Morgan fingerprint density at radius 3 is 2.89 bits per heavy atom. The predicted molar refractivity (Wildman–Crippen MR) is 78.8 cm³/mol. The van der Waals surface area contributed by atoms with Gasteiger partial charge >= 0.3 is 0 Å². The topological polar surface area (TPSA) is 29.3 Å². The molecule has 1 atom stereocenters. The number of nitrogens with two attached hydrogens (primary N) is 1. The van der Waals surface area contributed by atoms with Gasteiger partial charge in [0.15, 0.2) is 0 Å². The standard InChI is InChI=1S/C15H23ClN2/c1-2-12-4-3-8-18(9-7-12)11-13-5-6-15(17)14(16)10-13/h5-6,10,12H,2-4,7-9,11,17H2,1H3. The molecule has 2 N–H and O–H groups in total. The van der Waals surface area contributed by atoms with Gasteiger partial charge in [0.25, 0.3) is 0 Å². The minimum atomic E-state index is 0.669. The number of anilines is 1. The minimum absolute atomic E-state index is 0.669. The molecule has 0 aromatic heterocycles. The predicted octanol–water partition coefficient (Wildman–Crippen LogP) is 3.93. The van der Waals surface area contributed by atoms with Gasteiger partial charge in [-0.15, -0.1) is 0 Å². The van der Waals surface area contributed by atoms with Crippen LogP contribution in [-0.2, 0) is 6.54 Å². The van der Waals surface area contributed by atoms with Crippen LogP contribution >= 0.6 is 11.6 Å². The summed E-state index contributed by atoms with van der Waals surface area (Å²) in [4.78, 5) is 2.54. The normalized spacial score (nSPS) is 21.8. The summed E-state index contributed by atoms with van der Waals surface area (Å²) in [5.41, 5.74) is 7.67. The highest BCUT2D eigenvalue weighted by Gasteiger charge is 2.15. The number of rotatable bonds is 3. The van der Waals surface area contributed by atoms with E-state index in [0.29, 0.717) is 10.7 Å². The van der Waals surface area contributed by atoms with E-state index in [9.17, 15) is 0 Å². The molecule has 0 saturated carbocycles. The van der Waals surface area contributed by atoms with Gasteiger partial charge in [0.05, 0.1) is 10.7 Å². The Labute approximate surface area is 115 Å². The van der Waals surface area contributed by atoms with E-state index in [4.69, 9.17) is 17.3 Å². The molecule has 1 aliphatic heterocycles. The number of nitrogen functional groups attached to an aromatic ring is 1. The Balaban J connectivity index is 1.94. The molecule has 1 saturated heterocycles. The molecule has 0 spiro atoms. The second-order valence-electron chi connectivity index (χ2n) is 5.34. The molecule has 1 aromatic carbocycles. The van der Waals surface area contributed by atoms with Crippen molar-refractivity contribution in [1.82, 2.24) is 4.90 Å². The number of nitrogens with zero attached hydrogens (tertiary/aromatic N) is 1. The first-order chi connectivity index (χ1) is 8.69. The van der Waals surface area contributed by atoms with E-state index in [1.165, 1.54) is 44.3 Å². The van der Waals surface area contributed by atoms with E-state index in [1.807, 2.05) is 12.1 Å². The molecule has 0 amide bonds. The van der Waals surface area contributed by atoms with Crippen molar-refractivity contribution in [3.05, 3.63) is 28.8 Å². The maximum Gasteiger partial charge on any atom is 0.0638 e. The number of likely N-dealkylation sites (tertiary alicyclic amines) is 1. The largest absolute Gasteiger partial charge is 0.398 e. The lowest BCUT2D eigenvalue weighted by Crippen LogP contribution is -2.24. The summed E-state index contributed by atoms with van der Waals surface area (Å²) < 4.78 is 0. The van der Waals surface area contributed by atoms with Gasteiger partial charge in [-0.2, -0.15) is 0 Å². The summed E-state index contributed by atoms with van der Waals surface area (Å²) in [7, 11) is 0. The number of benzene rings is 1. The first-order valence-electron chi connectivity index (χ1n) is 6.95. The molecule has 1 aromatic rings. The van der Waals surface area contributed by atoms with E-state index in [0.717, 1.165) is 12.5 Å². The summed E-state index contributed by atoms with van der Waals surface area (Å²) in [6.45, 7) is 5.72. The molecular weight excluding hydrogens is 244 g/mol. The number of halogens is 1. The molecule has 1 aliphatic rings. The third-order valence-electron chi connectivity index (χ3n) is 3.99.